The number of ether oxygens (including phenoxy) is 1. The molecule has 2 aliphatic heterocycles. The molecule has 6 bridgehead atoms. The molecule has 0 saturated heterocycles. The first-order valence-corrected chi connectivity index (χ1v) is 10.5. The van der Waals surface area contributed by atoms with Crippen molar-refractivity contribution in [3.8, 4) is 5.75 Å². The maximum absolute atomic E-state index is 12.0. The lowest BCUT2D eigenvalue weighted by molar-refractivity contribution is -0.121. The Morgan fingerprint density at radius 2 is 1.94 bits per heavy atom. The van der Waals surface area contributed by atoms with E-state index in [1.165, 1.54) is 6.20 Å². The van der Waals surface area contributed by atoms with E-state index in [2.05, 4.69) is 36.1 Å². The summed E-state index contributed by atoms with van der Waals surface area (Å²) in [6, 6.07) is 7.47. The molecule has 4 N–H and O–H groups in total. The second-order valence-corrected chi connectivity index (χ2v) is 7.31. The summed E-state index contributed by atoms with van der Waals surface area (Å²) in [5, 5.41) is 17.1. The molecule has 0 radical (unpaired) electrons. The van der Waals surface area contributed by atoms with Crippen LogP contribution in [0.2, 0.25) is 0 Å². The van der Waals surface area contributed by atoms with Crippen LogP contribution in [0.1, 0.15) is 25.7 Å². The number of anilines is 4. The Balaban J connectivity index is 1.54. The highest BCUT2D eigenvalue weighted by atomic mass is 16.5. The number of fused-ring (bicyclic) bond motifs is 11. The van der Waals surface area contributed by atoms with Crippen LogP contribution in [0.3, 0.4) is 0 Å². The van der Waals surface area contributed by atoms with Gasteiger partial charge in [-0.05, 0) is 43.5 Å². The summed E-state index contributed by atoms with van der Waals surface area (Å²) < 4.78 is 7.54. The Labute approximate surface area is 185 Å². The molecule has 0 atom stereocenters. The van der Waals surface area contributed by atoms with E-state index in [9.17, 15) is 4.79 Å². The van der Waals surface area contributed by atoms with E-state index in [1.54, 1.807) is 10.9 Å². The number of nitrogens with zero attached hydrogens (tertiary/aromatic N) is 5. The van der Waals surface area contributed by atoms with E-state index < -0.39 is 0 Å². The van der Waals surface area contributed by atoms with Gasteiger partial charge in [0.25, 0.3) is 0 Å². The maximum atomic E-state index is 12.0. The lowest BCUT2D eigenvalue weighted by Crippen LogP contribution is -2.25. The average Bonchev–Trinajstić information content (AvgIpc) is 3.24. The summed E-state index contributed by atoms with van der Waals surface area (Å²) in [6.07, 6.45) is 7.84. The fourth-order valence-corrected chi connectivity index (χ4v) is 3.20. The molecule has 166 valence electrons. The predicted octanol–water partition coefficient (Wildman–Crippen LogP) is 3.89. The van der Waals surface area contributed by atoms with Crippen molar-refractivity contribution in [2.75, 3.05) is 23.8 Å². The van der Waals surface area contributed by atoms with Gasteiger partial charge in [0.2, 0.25) is 11.9 Å². The highest BCUT2D eigenvalue weighted by Gasteiger charge is 2.10. The van der Waals surface area contributed by atoms with Crippen molar-refractivity contribution < 1.29 is 9.53 Å². The third-order valence-corrected chi connectivity index (χ3v) is 4.85. The minimum Gasteiger partial charge on any atom is -0.494 e. The van der Waals surface area contributed by atoms with E-state index in [0.29, 0.717) is 49.3 Å². The summed E-state index contributed by atoms with van der Waals surface area (Å²) in [5.41, 5.74) is 9.21. The lowest BCUT2D eigenvalue weighted by atomic mass is 10.2. The molecule has 32 heavy (non-hydrogen) atoms. The van der Waals surface area contributed by atoms with Gasteiger partial charge in [-0.3, -0.25) is 9.48 Å². The third-order valence-electron chi connectivity index (χ3n) is 4.85. The highest BCUT2D eigenvalue weighted by molar-refractivity contribution is 5.75. The zero-order valence-electron chi connectivity index (χ0n) is 17.5. The second kappa shape index (κ2) is 10.3. The Bertz CT molecular complexity index is 1070. The van der Waals surface area contributed by atoms with Crippen LogP contribution >= 0.6 is 0 Å². The van der Waals surface area contributed by atoms with Gasteiger partial charge in [-0.1, -0.05) is 0 Å². The van der Waals surface area contributed by atoms with E-state index in [4.69, 9.17) is 10.3 Å². The molecule has 0 saturated carbocycles. The largest absolute Gasteiger partial charge is 0.494 e. The number of carbonyl (C=O) groups excluding carboxylic acids is 1. The number of aryl methyl sites for hydroxylation is 1. The van der Waals surface area contributed by atoms with Gasteiger partial charge in [-0.25, -0.2) is 10.5 Å². The molecule has 4 heterocycles. The molecule has 11 heteroatoms. The van der Waals surface area contributed by atoms with Gasteiger partial charge in [0.1, 0.15) is 11.4 Å². The molecule has 3 aromatic rings. The summed E-state index contributed by atoms with van der Waals surface area (Å²) >= 11 is 0. The van der Waals surface area contributed by atoms with E-state index in [1.807, 2.05) is 30.5 Å². The molecule has 0 spiro atoms. The van der Waals surface area contributed by atoms with Crippen molar-refractivity contribution in [3.05, 3.63) is 42.9 Å². The first kappa shape index (κ1) is 21.2. The molecule has 2 aliphatic rings. The first-order valence-electron chi connectivity index (χ1n) is 10.5. The highest BCUT2D eigenvalue weighted by Crippen LogP contribution is 2.27. The minimum absolute atomic E-state index is 0.0524. The van der Waals surface area contributed by atoms with Crippen LogP contribution in [0.5, 0.6) is 5.75 Å². The SMILES string of the molecule is N=Nc1cnc2nc1Nc1cnn(c1)CCCNC(=O)CCCCOc1ccc(cc1)N2. The summed E-state index contributed by atoms with van der Waals surface area (Å²) in [6.45, 7) is 1.81. The van der Waals surface area contributed by atoms with Crippen LogP contribution < -0.4 is 20.7 Å². The van der Waals surface area contributed by atoms with Crippen molar-refractivity contribution in [2.45, 2.75) is 32.2 Å². The fourth-order valence-electron chi connectivity index (χ4n) is 3.20. The minimum atomic E-state index is 0.0524. The molecule has 0 unspecified atom stereocenters. The van der Waals surface area contributed by atoms with Gasteiger partial charge in [0.05, 0.1) is 24.7 Å². The molecule has 0 aliphatic carbocycles. The number of benzene rings is 1. The number of hydrogen-bond donors (Lipinski definition) is 4. The monoisotopic (exact) mass is 435 g/mol. The maximum Gasteiger partial charge on any atom is 0.229 e. The number of nitrogens with one attached hydrogen (secondary N) is 4. The number of hydrogen-bond acceptors (Lipinski definition) is 9. The topological polar surface area (TPSA) is 142 Å². The zero-order chi connectivity index (χ0) is 22.2. The van der Waals surface area contributed by atoms with Gasteiger partial charge in [0, 0.05) is 31.4 Å². The normalized spacial score (nSPS) is 15.2. The van der Waals surface area contributed by atoms with Gasteiger partial charge in [0.15, 0.2) is 5.82 Å². The Morgan fingerprint density at radius 1 is 1.06 bits per heavy atom. The quantitative estimate of drug-likeness (QED) is 0.425. The number of rotatable bonds is 1. The van der Waals surface area contributed by atoms with Crippen LogP contribution in [-0.2, 0) is 11.3 Å². The van der Waals surface area contributed by atoms with Gasteiger partial charge in [-0.15, -0.1) is 0 Å². The van der Waals surface area contributed by atoms with Crippen molar-refractivity contribution in [1.29, 1.82) is 5.53 Å². The number of amides is 1. The van der Waals surface area contributed by atoms with Gasteiger partial charge in [-0.2, -0.15) is 15.2 Å². The van der Waals surface area contributed by atoms with Crippen LogP contribution in [-0.4, -0.2) is 38.8 Å². The van der Waals surface area contributed by atoms with Crippen molar-refractivity contribution in [3.63, 3.8) is 0 Å². The van der Waals surface area contributed by atoms with E-state index >= 15 is 0 Å². The first-order chi connectivity index (χ1) is 15.7. The standard InChI is InChI=1S/C21H25N9O2/c22-29-18-13-24-21-27-15-5-7-17(8-6-15)32-11-2-1-4-19(31)23-9-3-10-30-14-16(12-25-30)26-20(18)28-21/h5-8,12-14,22H,1-4,9-11H2,(H,23,31)(H2,24,26,27,28). The number of aromatic nitrogens is 4. The molecule has 2 aromatic heterocycles. The van der Waals surface area contributed by atoms with Crippen molar-refractivity contribution >= 4 is 34.7 Å². The molecular weight excluding hydrogens is 410 g/mol. The molecule has 0 fully saturated rings. The molecular formula is C21H25N9O2. The Kier molecular flexibility index (Phi) is 6.85. The third kappa shape index (κ3) is 5.78. The smallest absolute Gasteiger partial charge is 0.229 e. The molecule has 11 nitrogen and oxygen atoms in total. The van der Waals surface area contributed by atoms with Crippen LogP contribution in [0.15, 0.2) is 48.0 Å². The fraction of sp³-hybridized carbons (Fsp3) is 0.333. The summed E-state index contributed by atoms with van der Waals surface area (Å²) in [4.78, 5) is 20.7. The molecule has 5 rings (SSSR count). The predicted molar refractivity (Wildman–Crippen MR) is 119 cm³/mol. The summed E-state index contributed by atoms with van der Waals surface area (Å²) in [5.74, 6) is 1.58. The zero-order valence-corrected chi connectivity index (χ0v) is 17.5. The van der Waals surface area contributed by atoms with E-state index in [-0.39, 0.29) is 5.91 Å². The second-order valence-electron chi connectivity index (χ2n) is 7.31. The molecule has 1 amide bonds. The number of carbonyl (C=O) groups is 1. The van der Waals surface area contributed by atoms with Crippen LogP contribution in [0, 0.1) is 5.53 Å². The summed E-state index contributed by atoms with van der Waals surface area (Å²) in [7, 11) is 0. The van der Waals surface area contributed by atoms with Crippen LogP contribution in [0.4, 0.5) is 28.8 Å². The Hall–Kier alpha value is -4.02. The van der Waals surface area contributed by atoms with Gasteiger partial charge < -0.3 is 20.7 Å². The van der Waals surface area contributed by atoms with Crippen molar-refractivity contribution in [2.24, 2.45) is 5.11 Å². The van der Waals surface area contributed by atoms with Crippen LogP contribution in [0.25, 0.3) is 0 Å². The van der Waals surface area contributed by atoms with Crippen molar-refractivity contribution in [1.82, 2.24) is 25.1 Å². The Morgan fingerprint density at radius 3 is 2.78 bits per heavy atom. The molecule has 1 aromatic carbocycles. The van der Waals surface area contributed by atoms with E-state index in [0.717, 1.165) is 30.7 Å². The lowest BCUT2D eigenvalue weighted by Gasteiger charge is -2.11. The van der Waals surface area contributed by atoms with Gasteiger partial charge >= 0.3 is 0 Å². The average molecular weight is 435 g/mol.